The summed E-state index contributed by atoms with van der Waals surface area (Å²) < 4.78 is 6.96. The Morgan fingerprint density at radius 3 is 3.06 bits per heavy atom. The highest BCUT2D eigenvalue weighted by molar-refractivity contribution is 5.62. The smallest absolute Gasteiger partial charge is 0.203 e. The predicted octanol–water partition coefficient (Wildman–Crippen LogP) is 0.242. The number of nitrogens with one attached hydrogen (secondary N) is 1. The molecule has 2 N–H and O–H groups in total. The number of nitrogens with zero attached hydrogens (tertiary/aromatic N) is 4. The lowest BCUT2D eigenvalue weighted by Crippen LogP contribution is -2.27. The molecule has 0 saturated carbocycles. The Bertz CT molecular complexity index is 507. The SMILES string of the molecule is COCC(CCO)Nc1nccn2c(C)nnc12. The molecule has 0 aliphatic carbocycles. The predicted molar refractivity (Wildman–Crippen MR) is 66.5 cm³/mol. The molecule has 0 aromatic carbocycles. The van der Waals surface area contributed by atoms with E-state index in [0.717, 1.165) is 5.82 Å². The first-order valence-electron chi connectivity index (χ1n) is 5.79. The van der Waals surface area contributed by atoms with Crippen LogP contribution in [0, 0.1) is 6.92 Å². The van der Waals surface area contributed by atoms with Gasteiger partial charge in [-0.15, -0.1) is 10.2 Å². The summed E-state index contributed by atoms with van der Waals surface area (Å²) in [6, 6.07) is -0.00398. The minimum atomic E-state index is -0.00398. The number of fused-ring (bicyclic) bond motifs is 1. The van der Waals surface area contributed by atoms with Gasteiger partial charge in [0.15, 0.2) is 5.82 Å². The molecule has 0 saturated heterocycles. The highest BCUT2D eigenvalue weighted by Gasteiger charge is 2.13. The van der Waals surface area contributed by atoms with Crippen LogP contribution in [0.5, 0.6) is 0 Å². The summed E-state index contributed by atoms with van der Waals surface area (Å²) in [5.74, 6) is 1.45. The van der Waals surface area contributed by atoms with Crippen molar-refractivity contribution in [1.82, 2.24) is 19.6 Å². The summed E-state index contributed by atoms with van der Waals surface area (Å²) in [7, 11) is 1.63. The van der Waals surface area contributed by atoms with Gasteiger partial charge in [-0.25, -0.2) is 4.98 Å². The van der Waals surface area contributed by atoms with Gasteiger partial charge < -0.3 is 15.2 Å². The van der Waals surface area contributed by atoms with Gasteiger partial charge >= 0.3 is 0 Å². The topological polar surface area (TPSA) is 84.6 Å². The van der Waals surface area contributed by atoms with E-state index in [4.69, 9.17) is 9.84 Å². The lowest BCUT2D eigenvalue weighted by molar-refractivity contribution is 0.170. The summed E-state index contributed by atoms with van der Waals surface area (Å²) >= 11 is 0. The number of ether oxygens (including phenoxy) is 1. The highest BCUT2D eigenvalue weighted by atomic mass is 16.5. The monoisotopic (exact) mass is 251 g/mol. The van der Waals surface area contributed by atoms with E-state index in [0.29, 0.717) is 24.5 Å². The molecule has 0 aliphatic heterocycles. The molecule has 0 spiro atoms. The number of aryl methyl sites for hydroxylation is 1. The second-order valence-electron chi connectivity index (χ2n) is 4.03. The van der Waals surface area contributed by atoms with Crippen LogP contribution in [0.4, 0.5) is 5.82 Å². The Kier molecular flexibility index (Phi) is 4.06. The van der Waals surface area contributed by atoms with Crippen molar-refractivity contribution in [2.24, 2.45) is 0 Å². The lowest BCUT2D eigenvalue weighted by Gasteiger charge is -2.17. The second-order valence-corrected chi connectivity index (χ2v) is 4.03. The number of hydrogen-bond donors (Lipinski definition) is 2. The molecular formula is C11H17N5O2. The maximum Gasteiger partial charge on any atom is 0.203 e. The van der Waals surface area contributed by atoms with Gasteiger partial charge in [0.1, 0.15) is 5.82 Å². The number of anilines is 1. The van der Waals surface area contributed by atoms with Crippen LogP contribution >= 0.6 is 0 Å². The zero-order chi connectivity index (χ0) is 13.0. The van der Waals surface area contributed by atoms with E-state index in [1.54, 1.807) is 13.3 Å². The molecule has 7 nitrogen and oxygen atoms in total. The molecule has 1 unspecified atom stereocenters. The van der Waals surface area contributed by atoms with Crippen LogP contribution in [-0.4, -0.2) is 51.1 Å². The molecule has 0 bridgehead atoms. The summed E-state index contributed by atoms with van der Waals surface area (Å²) in [5, 5.41) is 20.3. The van der Waals surface area contributed by atoms with E-state index < -0.39 is 0 Å². The highest BCUT2D eigenvalue weighted by Crippen LogP contribution is 2.14. The average Bonchev–Trinajstić information content (AvgIpc) is 2.73. The van der Waals surface area contributed by atoms with Gasteiger partial charge in [-0.05, 0) is 13.3 Å². The fourth-order valence-electron chi connectivity index (χ4n) is 1.79. The maximum absolute atomic E-state index is 9.01. The van der Waals surface area contributed by atoms with Crippen LogP contribution < -0.4 is 5.32 Å². The third-order valence-electron chi connectivity index (χ3n) is 2.68. The Hall–Kier alpha value is -1.73. The Balaban J connectivity index is 2.24. The molecular weight excluding hydrogens is 234 g/mol. The van der Waals surface area contributed by atoms with Crippen molar-refractivity contribution in [3.05, 3.63) is 18.2 Å². The summed E-state index contributed by atoms with van der Waals surface area (Å²) in [4.78, 5) is 4.25. The average molecular weight is 251 g/mol. The van der Waals surface area contributed by atoms with Gasteiger partial charge in [0, 0.05) is 26.1 Å². The minimum absolute atomic E-state index is 0.00398. The summed E-state index contributed by atoms with van der Waals surface area (Å²) in [5.41, 5.74) is 0.675. The van der Waals surface area contributed by atoms with Crippen molar-refractivity contribution in [1.29, 1.82) is 0 Å². The molecule has 2 aromatic heterocycles. The van der Waals surface area contributed by atoms with E-state index in [9.17, 15) is 0 Å². The number of aliphatic hydroxyl groups excluding tert-OH is 1. The van der Waals surface area contributed by atoms with Crippen LogP contribution in [-0.2, 0) is 4.74 Å². The van der Waals surface area contributed by atoms with Crippen LogP contribution in [0.15, 0.2) is 12.4 Å². The summed E-state index contributed by atoms with van der Waals surface area (Å²) in [6.07, 6.45) is 4.09. The van der Waals surface area contributed by atoms with E-state index in [1.165, 1.54) is 0 Å². The van der Waals surface area contributed by atoms with Crippen LogP contribution in [0.1, 0.15) is 12.2 Å². The van der Waals surface area contributed by atoms with E-state index in [-0.39, 0.29) is 12.6 Å². The number of aliphatic hydroxyl groups is 1. The van der Waals surface area contributed by atoms with Crippen molar-refractivity contribution in [2.75, 3.05) is 25.6 Å². The molecule has 7 heteroatoms. The fraction of sp³-hybridized carbons (Fsp3) is 0.545. The molecule has 2 heterocycles. The second kappa shape index (κ2) is 5.74. The largest absolute Gasteiger partial charge is 0.396 e. The fourth-order valence-corrected chi connectivity index (χ4v) is 1.79. The van der Waals surface area contributed by atoms with Gasteiger partial charge in [0.25, 0.3) is 0 Å². The maximum atomic E-state index is 9.01. The van der Waals surface area contributed by atoms with Crippen molar-refractivity contribution in [3.8, 4) is 0 Å². The summed E-state index contributed by atoms with van der Waals surface area (Å²) in [6.45, 7) is 2.47. The molecule has 1 atom stereocenters. The molecule has 0 radical (unpaired) electrons. The van der Waals surface area contributed by atoms with Gasteiger partial charge in [-0.3, -0.25) is 4.40 Å². The molecule has 0 aliphatic rings. The van der Waals surface area contributed by atoms with Crippen LogP contribution in [0.25, 0.3) is 5.65 Å². The normalized spacial score (nSPS) is 12.8. The zero-order valence-electron chi connectivity index (χ0n) is 10.5. The number of aromatic nitrogens is 4. The van der Waals surface area contributed by atoms with Gasteiger partial charge in [0.05, 0.1) is 12.6 Å². The molecule has 98 valence electrons. The van der Waals surface area contributed by atoms with E-state index in [1.807, 2.05) is 17.5 Å². The number of methoxy groups -OCH3 is 1. The number of hydrogen-bond acceptors (Lipinski definition) is 6. The van der Waals surface area contributed by atoms with Crippen molar-refractivity contribution in [3.63, 3.8) is 0 Å². The Morgan fingerprint density at radius 2 is 2.33 bits per heavy atom. The Morgan fingerprint density at radius 1 is 1.50 bits per heavy atom. The quantitative estimate of drug-likeness (QED) is 0.765. The standard InChI is InChI=1S/C11H17N5O2/c1-8-14-15-11-10(12-4-5-16(8)11)13-9(3-6-17)7-18-2/h4-5,9,17H,3,6-7H2,1-2H3,(H,12,13). The first kappa shape index (κ1) is 12.7. The van der Waals surface area contributed by atoms with Gasteiger partial charge in [-0.2, -0.15) is 0 Å². The van der Waals surface area contributed by atoms with E-state index >= 15 is 0 Å². The molecule has 0 amide bonds. The zero-order valence-corrected chi connectivity index (χ0v) is 10.5. The van der Waals surface area contributed by atoms with E-state index in [2.05, 4.69) is 20.5 Å². The Labute approximate surface area is 105 Å². The van der Waals surface area contributed by atoms with Crippen molar-refractivity contribution in [2.45, 2.75) is 19.4 Å². The first-order valence-corrected chi connectivity index (χ1v) is 5.79. The first-order chi connectivity index (χ1) is 8.76. The van der Waals surface area contributed by atoms with Crippen molar-refractivity contribution < 1.29 is 9.84 Å². The minimum Gasteiger partial charge on any atom is -0.396 e. The third-order valence-corrected chi connectivity index (χ3v) is 2.68. The lowest BCUT2D eigenvalue weighted by atomic mass is 10.2. The van der Waals surface area contributed by atoms with Gasteiger partial charge in [0.2, 0.25) is 5.65 Å². The van der Waals surface area contributed by atoms with Crippen LogP contribution in [0.2, 0.25) is 0 Å². The molecule has 0 fully saturated rings. The van der Waals surface area contributed by atoms with Crippen molar-refractivity contribution >= 4 is 11.5 Å². The molecule has 2 aromatic rings. The van der Waals surface area contributed by atoms with Gasteiger partial charge in [-0.1, -0.05) is 0 Å². The molecule has 2 rings (SSSR count). The number of rotatable bonds is 6. The third kappa shape index (κ3) is 2.57. The molecule has 18 heavy (non-hydrogen) atoms. The van der Waals surface area contributed by atoms with Crippen LogP contribution in [0.3, 0.4) is 0 Å².